The van der Waals surface area contributed by atoms with Crippen LogP contribution in [0.4, 0.5) is 8.78 Å². The third-order valence-electron chi connectivity index (χ3n) is 6.06. The Morgan fingerprint density at radius 3 is 2.21 bits per heavy atom. The number of rotatable bonds is 6. The van der Waals surface area contributed by atoms with Gasteiger partial charge in [-0.3, -0.25) is 4.90 Å². The van der Waals surface area contributed by atoms with Gasteiger partial charge in [-0.2, -0.15) is 0 Å². The summed E-state index contributed by atoms with van der Waals surface area (Å²) in [6.07, 6.45) is 2.99. The minimum absolute atomic E-state index is 0.196. The molecule has 0 saturated carbocycles. The molecule has 8 heteroatoms. The van der Waals surface area contributed by atoms with E-state index in [2.05, 4.69) is 26.5 Å². The molecule has 1 aromatic heterocycles. The molecule has 3 aromatic carbocycles. The molecule has 1 atom stereocenters. The van der Waals surface area contributed by atoms with Crippen molar-refractivity contribution in [3.63, 3.8) is 0 Å². The molecular formula is C26H22ClF2N5. The minimum atomic E-state index is -0.281. The molecule has 172 valence electrons. The van der Waals surface area contributed by atoms with E-state index in [4.69, 9.17) is 11.6 Å². The summed E-state index contributed by atoms with van der Waals surface area (Å²) < 4.78 is 28.4. The maximum absolute atomic E-state index is 13.4. The summed E-state index contributed by atoms with van der Waals surface area (Å²) in [7, 11) is 0. The van der Waals surface area contributed by atoms with Crippen molar-refractivity contribution < 1.29 is 8.78 Å². The highest BCUT2D eigenvalue weighted by Crippen LogP contribution is 2.32. The van der Waals surface area contributed by atoms with Crippen LogP contribution in [0.3, 0.4) is 0 Å². The van der Waals surface area contributed by atoms with E-state index in [1.807, 2.05) is 36.4 Å². The van der Waals surface area contributed by atoms with Crippen LogP contribution in [0, 0.1) is 11.6 Å². The minimum Gasteiger partial charge on any atom is -0.286 e. The second kappa shape index (κ2) is 9.83. The molecule has 34 heavy (non-hydrogen) atoms. The molecule has 0 unspecified atom stereocenters. The summed E-state index contributed by atoms with van der Waals surface area (Å²) in [5, 5.41) is 13.2. The van der Waals surface area contributed by atoms with Gasteiger partial charge < -0.3 is 0 Å². The normalized spacial score (nSPS) is 15.2. The fourth-order valence-electron chi connectivity index (χ4n) is 4.30. The summed E-state index contributed by atoms with van der Waals surface area (Å²) in [5.41, 5.74) is 4.15. The lowest BCUT2D eigenvalue weighted by atomic mass is 9.96. The number of benzene rings is 3. The smallest absolute Gasteiger partial charge is 0.173 e. The lowest BCUT2D eigenvalue weighted by Crippen LogP contribution is -2.35. The van der Waals surface area contributed by atoms with Gasteiger partial charge in [0.2, 0.25) is 0 Å². The van der Waals surface area contributed by atoms with Crippen molar-refractivity contribution in [2.24, 2.45) is 0 Å². The third-order valence-corrected chi connectivity index (χ3v) is 6.31. The Kier molecular flexibility index (Phi) is 6.47. The number of hydrogen-bond donors (Lipinski definition) is 0. The van der Waals surface area contributed by atoms with Crippen molar-refractivity contribution in [2.45, 2.75) is 19.0 Å². The molecule has 0 spiro atoms. The van der Waals surface area contributed by atoms with E-state index in [1.165, 1.54) is 29.8 Å². The fourth-order valence-corrected chi connectivity index (χ4v) is 4.42. The Bertz CT molecular complexity index is 1280. The van der Waals surface area contributed by atoms with Crippen LogP contribution in [-0.4, -0.2) is 38.2 Å². The molecule has 0 radical (unpaired) electrons. The Morgan fingerprint density at radius 1 is 0.882 bits per heavy atom. The second-order valence-electron chi connectivity index (χ2n) is 8.26. The van der Waals surface area contributed by atoms with Gasteiger partial charge in [-0.05, 0) is 75.5 Å². The molecule has 0 N–H and O–H groups in total. The van der Waals surface area contributed by atoms with Gasteiger partial charge in [0, 0.05) is 18.1 Å². The number of hydrogen-bond acceptors (Lipinski definition) is 4. The summed E-state index contributed by atoms with van der Waals surface area (Å²) >= 11 is 6.15. The van der Waals surface area contributed by atoms with E-state index in [1.54, 1.807) is 16.8 Å². The van der Waals surface area contributed by atoms with Gasteiger partial charge in [0.25, 0.3) is 0 Å². The van der Waals surface area contributed by atoms with Crippen LogP contribution in [0.25, 0.3) is 5.57 Å². The largest absolute Gasteiger partial charge is 0.286 e. The molecule has 4 aromatic rings. The van der Waals surface area contributed by atoms with E-state index in [0.717, 1.165) is 29.7 Å². The molecule has 1 aliphatic heterocycles. The van der Waals surface area contributed by atoms with Crippen LogP contribution >= 0.6 is 11.6 Å². The molecule has 1 aliphatic rings. The summed E-state index contributed by atoms with van der Waals surface area (Å²) in [4.78, 5) is 2.31. The first-order valence-corrected chi connectivity index (χ1v) is 11.4. The maximum atomic E-state index is 13.4. The number of halogens is 3. The van der Waals surface area contributed by atoms with Crippen LogP contribution in [0.5, 0.6) is 0 Å². The zero-order chi connectivity index (χ0) is 23.5. The standard InChI is InChI=1S/C26H22ClF2N5/c27-22-7-3-21(4-8-22)25(26-30-31-32-34(26)17-18-1-9-23(28)10-2-18)33-15-13-20(14-16-33)19-5-11-24(29)12-6-19/h1-13,25H,14-17H2/t25-/m0/s1. The predicted molar refractivity (Wildman–Crippen MR) is 127 cm³/mol. The molecular weight excluding hydrogens is 456 g/mol. The van der Waals surface area contributed by atoms with Crippen molar-refractivity contribution in [3.05, 3.63) is 118 Å². The number of aromatic nitrogens is 4. The van der Waals surface area contributed by atoms with E-state index < -0.39 is 0 Å². The molecule has 0 saturated heterocycles. The Hall–Kier alpha value is -3.42. The van der Waals surface area contributed by atoms with Gasteiger partial charge in [-0.15, -0.1) is 5.10 Å². The van der Waals surface area contributed by atoms with Gasteiger partial charge in [0.05, 0.1) is 12.6 Å². The average Bonchev–Trinajstić information content (AvgIpc) is 3.30. The third kappa shape index (κ3) is 4.90. The molecule has 2 heterocycles. The fraction of sp³-hybridized carbons (Fsp3) is 0.192. The molecule has 5 nitrogen and oxygen atoms in total. The van der Waals surface area contributed by atoms with Crippen molar-refractivity contribution in [2.75, 3.05) is 13.1 Å². The summed E-state index contributed by atoms with van der Waals surface area (Å²) in [5.74, 6) is 0.180. The topological polar surface area (TPSA) is 46.8 Å². The monoisotopic (exact) mass is 477 g/mol. The lowest BCUT2D eigenvalue weighted by Gasteiger charge is -2.33. The Labute approximate surface area is 201 Å². The van der Waals surface area contributed by atoms with Crippen molar-refractivity contribution in [3.8, 4) is 0 Å². The lowest BCUT2D eigenvalue weighted by molar-refractivity contribution is 0.235. The SMILES string of the molecule is Fc1ccc(Cn2nnnc2[C@H](c2ccc(Cl)cc2)N2CC=C(c3ccc(F)cc3)CC2)cc1. The number of tetrazole rings is 1. The Balaban J connectivity index is 1.46. The molecule has 0 bridgehead atoms. The summed E-state index contributed by atoms with van der Waals surface area (Å²) in [6.45, 7) is 1.89. The van der Waals surface area contributed by atoms with Crippen LogP contribution < -0.4 is 0 Å². The summed E-state index contributed by atoms with van der Waals surface area (Å²) in [6, 6.07) is 20.5. The number of nitrogens with zero attached hydrogens (tertiary/aromatic N) is 5. The maximum Gasteiger partial charge on any atom is 0.173 e. The van der Waals surface area contributed by atoms with Gasteiger partial charge in [0.15, 0.2) is 5.82 Å². The van der Waals surface area contributed by atoms with Gasteiger partial charge in [-0.1, -0.05) is 54.1 Å². The van der Waals surface area contributed by atoms with Crippen LogP contribution in [0.1, 0.15) is 35.0 Å². The van der Waals surface area contributed by atoms with E-state index in [0.29, 0.717) is 23.9 Å². The van der Waals surface area contributed by atoms with Crippen molar-refractivity contribution in [1.29, 1.82) is 0 Å². The van der Waals surface area contributed by atoms with Crippen molar-refractivity contribution in [1.82, 2.24) is 25.1 Å². The predicted octanol–water partition coefficient (Wildman–Crippen LogP) is 5.53. The first-order chi connectivity index (χ1) is 16.6. The highest BCUT2D eigenvalue weighted by Gasteiger charge is 2.29. The van der Waals surface area contributed by atoms with Crippen LogP contribution in [0.15, 0.2) is 78.9 Å². The zero-order valence-corrected chi connectivity index (χ0v) is 19.0. The van der Waals surface area contributed by atoms with Crippen LogP contribution in [-0.2, 0) is 6.54 Å². The van der Waals surface area contributed by atoms with Crippen molar-refractivity contribution >= 4 is 17.2 Å². The first-order valence-electron chi connectivity index (χ1n) is 11.0. The quantitative estimate of drug-likeness (QED) is 0.366. The molecule has 0 amide bonds. The molecule has 5 rings (SSSR count). The zero-order valence-electron chi connectivity index (χ0n) is 18.3. The van der Waals surface area contributed by atoms with Gasteiger partial charge in [0.1, 0.15) is 11.6 Å². The van der Waals surface area contributed by atoms with Gasteiger partial charge >= 0.3 is 0 Å². The second-order valence-corrected chi connectivity index (χ2v) is 8.69. The van der Waals surface area contributed by atoms with E-state index in [-0.39, 0.29) is 17.7 Å². The highest BCUT2D eigenvalue weighted by atomic mass is 35.5. The van der Waals surface area contributed by atoms with E-state index >= 15 is 0 Å². The molecule has 0 fully saturated rings. The van der Waals surface area contributed by atoms with Gasteiger partial charge in [-0.25, -0.2) is 13.5 Å². The highest BCUT2D eigenvalue weighted by molar-refractivity contribution is 6.30. The van der Waals surface area contributed by atoms with Crippen LogP contribution in [0.2, 0.25) is 5.02 Å². The Morgan fingerprint density at radius 2 is 1.56 bits per heavy atom. The molecule has 0 aliphatic carbocycles. The average molecular weight is 478 g/mol. The van der Waals surface area contributed by atoms with E-state index in [9.17, 15) is 8.78 Å². The first kappa shape index (κ1) is 22.4.